The molecule has 4 aliphatic carbocycles. The number of rotatable bonds is 2. The minimum atomic E-state index is -1.01. The van der Waals surface area contributed by atoms with Gasteiger partial charge in [-0.15, -0.1) is 0 Å². The van der Waals surface area contributed by atoms with Crippen LogP contribution in [0, 0.1) is 28.1 Å². The second kappa shape index (κ2) is 6.29. The van der Waals surface area contributed by atoms with Crippen molar-refractivity contribution in [2.24, 2.45) is 28.1 Å². The highest BCUT2D eigenvalue weighted by Crippen LogP contribution is 2.71. The van der Waals surface area contributed by atoms with Crippen LogP contribution in [0.1, 0.15) is 65.2 Å². The first-order chi connectivity index (χ1) is 14.2. The second-order valence-electron chi connectivity index (χ2n) is 10.8. The first kappa shape index (κ1) is 20.0. The van der Waals surface area contributed by atoms with Crippen molar-refractivity contribution < 1.29 is 19.4 Å². The van der Waals surface area contributed by atoms with Crippen molar-refractivity contribution in [2.45, 2.75) is 70.8 Å². The molecule has 4 saturated carbocycles. The summed E-state index contributed by atoms with van der Waals surface area (Å²) in [4.78, 5) is 26.8. The molecule has 160 valence electrons. The molecule has 0 radical (unpaired) electrons. The Morgan fingerprint density at radius 2 is 1.77 bits per heavy atom. The SMILES string of the molecule is C=C1C(=O)[C@@]23CC[C@H]4C(C)(CCC[C@@]4(C)C(=O)Oc4ccccc4)[C@@H]2CC[C@@]1(O)C3. The van der Waals surface area contributed by atoms with Crippen LogP contribution in [-0.4, -0.2) is 22.5 Å². The Morgan fingerprint density at radius 1 is 1.07 bits per heavy atom. The van der Waals surface area contributed by atoms with Gasteiger partial charge in [0.15, 0.2) is 5.78 Å². The number of ketones is 1. The molecule has 30 heavy (non-hydrogen) atoms. The maximum Gasteiger partial charge on any atom is 0.317 e. The second-order valence-corrected chi connectivity index (χ2v) is 10.8. The van der Waals surface area contributed by atoms with Crippen LogP contribution >= 0.6 is 0 Å². The molecule has 1 N–H and O–H groups in total. The predicted molar refractivity (Wildman–Crippen MR) is 114 cm³/mol. The number of ether oxygens (including phenoxy) is 1. The molecule has 2 bridgehead atoms. The molecule has 5 rings (SSSR count). The molecule has 0 saturated heterocycles. The van der Waals surface area contributed by atoms with E-state index in [0.29, 0.717) is 24.2 Å². The summed E-state index contributed by atoms with van der Waals surface area (Å²) in [5.41, 5.74) is -1.74. The standard InChI is InChI=1S/C26H32O4/c1-17-21(27)25-14-10-19-23(2,20(25)11-15-26(17,29)16-25)12-7-13-24(19,3)22(28)30-18-8-5-4-6-9-18/h4-6,8-9,19-20,29H,1,7,10-16H2,2-3H3/t19-,20-,23?,24+,25+,26+/m0/s1. The largest absolute Gasteiger partial charge is 0.426 e. The van der Waals surface area contributed by atoms with Crippen LogP contribution in [0.15, 0.2) is 42.5 Å². The molecule has 1 unspecified atom stereocenters. The van der Waals surface area contributed by atoms with E-state index in [0.717, 1.165) is 38.5 Å². The third-order valence-electron chi connectivity index (χ3n) is 9.48. The van der Waals surface area contributed by atoms with Gasteiger partial charge in [-0.05, 0) is 81.3 Å². The number of Topliss-reactive ketones (excluding diaryl/α,β-unsaturated/α-hetero) is 1. The van der Waals surface area contributed by atoms with Gasteiger partial charge in [-0.25, -0.2) is 0 Å². The molecule has 1 spiro atoms. The van der Waals surface area contributed by atoms with Gasteiger partial charge in [-0.3, -0.25) is 9.59 Å². The molecule has 4 nitrogen and oxygen atoms in total. The van der Waals surface area contributed by atoms with E-state index in [1.54, 1.807) is 0 Å². The Kier molecular flexibility index (Phi) is 4.19. The van der Waals surface area contributed by atoms with Crippen molar-refractivity contribution in [1.82, 2.24) is 0 Å². The predicted octanol–water partition coefficient (Wildman–Crippen LogP) is 4.86. The molecular formula is C26H32O4. The third kappa shape index (κ3) is 2.43. The zero-order valence-electron chi connectivity index (χ0n) is 18.1. The normalized spacial score (nSPS) is 44.9. The highest BCUT2D eigenvalue weighted by Gasteiger charge is 2.71. The van der Waals surface area contributed by atoms with E-state index in [-0.39, 0.29) is 29.0 Å². The van der Waals surface area contributed by atoms with Crippen LogP contribution in [0.5, 0.6) is 5.75 Å². The van der Waals surface area contributed by atoms with E-state index >= 15 is 0 Å². The van der Waals surface area contributed by atoms with Crippen LogP contribution in [-0.2, 0) is 9.59 Å². The minimum absolute atomic E-state index is 0.0892. The van der Waals surface area contributed by atoms with Crippen molar-refractivity contribution in [2.75, 3.05) is 0 Å². The average molecular weight is 409 g/mol. The highest BCUT2D eigenvalue weighted by atomic mass is 16.5. The molecule has 4 heteroatoms. The van der Waals surface area contributed by atoms with Crippen LogP contribution in [0.25, 0.3) is 0 Å². The Bertz CT molecular complexity index is 922. The fraction of sp³-hybridized carbons (Fsp3) is 0.615. The number of carbonyl (C=O) groups excluding carboxylic acids is 2. The number of aliphatic hydroxyl groups is 1. The summed E-state index contributed by atoms with van der Waals surface area (Å²) in [7, 11) is 0. The molecule has 4 aliphatic rings. The van der Waals surface area contributed by atoms with Crippen molar-refractivity contribution in [3.8, 4) is 5.75 Å². The van der Waals surface area contributed by atoms with Gasteiger partial charge in [-0.1, -0.05) is 38.1 Å². The Hall–Kier alpha value is -1.94. The van der Waals surface area contributed by atoms with E-state index < -0.39 is 16.4 Å². The van der Waals surface area contributed by atoms with Crippen molar-refractivity contribution in [1.29, 1.82) is 0 Å². The lowest BCUT2D eigenvalue weighted by molar-refractivity contribution is -0.185. The molecule has 1 aromatic rings. The van der Waals surface area contributed by atoms with Gasteiger partial charge in [0.05, 0.1) is 11.0 Å². The van der Waals surface area contributed by atoms with Crippen LogP contribution < -0.4 is 4.74 Å². The first-order valence-corrected chi connectivity index (χ1v) is 11.4. The third-order valence-corrected chi connectivity index (χ3v) is 9.48. The number of fused-ring (bicyclic) bond motifs is 3. The fourth-order valence-corrected chi connectivity index (χ4v) is 8.07. The van der Waals surface area contributed by atoms with Crippen LogP contribution in [0.4, 0.5) is 0 Å². The maximum absolute atomic E-state index is 13.4. The summed E-state index contributed by atoms with van der Waals surface area (Å²) in [5.74, 6) is 0.910. The van der Waals surface area contributed by atoms with Crippen LogP contribution in [0.2, 0.25) is 0 Å². The fourth-order valence-electron chi connectivity index (χ4n) is 8.07. The van der Waals surface area contributed by atoms with E-state index in [2.05, 4.69) is 20.4 Å². The van der Waals surface area contributed by atoms with E-state index in [9.17, 15) is 14.7 Å². The van der Waals surface area contributed by atoms with Crippen molar-refractivity contribution >= 4 is 11.8 Å². The van der Waals surface area contributed by atoms with Gasteiger partial charge >= 0.3 is 5.97 Å². The number of carbonyl (C=O) groups is 2. The molecule has 4 fully saturated rings. The molecule has 0 aliphatic heterocycles. The van der Waals surface area contributed by atoms with Crippen molar-refractivity contribution in [3.63, 3.8) is 0 Å². The molecule has 0 aromatic heterocycles. The van der Waals surface area contributed by atoms with Gasteiger partial charge in [0.2, 0.25) is 0 Å². The zero-order valence-corrected chi connectivity index (χ0v) is 18.1. The van der Waals surface area contributed by atoms with Gasteiger partial charge in [-0.2, -0.15) is 0 Å². The number of para-hydroxylation sites is 1. The van der Waals surface area contributed by atoms with Gasteiger partial charge < -0.3 is 9.84 Å². The minimum Gasteiger partial charge on any atom is -0.426 e. The number of benzene rings is 1. The summed E-state index contributed by atoms with van der Waals surface area (Å²) in [6.45, 7) is 8.37. The lowest BCUT2D eigenvalue weighted by Crippen LogP contribution is -2.60. The average Bonchev–Trinajstić information content (AvgIpc) is 2.85. The van der Waals surface area contributed by atoms with Gasteiger partial charge in [0, 0.05) is 11.0 Å². The number of hydrogen-bond donors (Lipinski definition) is 1. The smallest absolute Gasteiger partial charge is 0.317 e. The Morgan fingerprint density at radius 3 is 2.50 bits per heavy atom. The number of esters is 1. The lowest BCUT2D eigenvalue weighted by Gasteiger charge is -2.63. The monoisotopic (exact) mass is 408 g/mol. The topological polar surface area (TPSA) is 63.6 Å². The molecule has 0 heterocycles. The van der Waals surface area contributed by atoms with Gasteiger partial charge in [0.1, 0.15) is 5.75 Å². The molecule has 6 atom stereocenters. The maximum atomic E-state index is 13.4. The summed E-state index contributed by atoms with van der Waals surface area (Å²) in [6.07, 6.45) is 6.33. The first-order valence-electron chi connectivity index (χ1n) is 11.4. The summed E-state index contributed by atoms with van der Waals surface area (Å²) in [6, 6.07) is 9.31. The molecule has 0 amide bonds. The van der Waals surface area contributed by atoms with E-state index in [1.807, 2.05) is 30.3 Å². The highest BCUT2D eigenvalue weighted by molar-refractivity contribution is 6.04. The number of hydrogen-bond acceptors (Lipinski definition) is 4. The van der Waals surface area contributed by atoms with E-state index in [1.165, 1.54) is 0 Å². The summed E-state index contributed by atoms with van der Waals surface area (Å²) < 4.78 is 5.84. The summed E-state index contributed by atoms with van der Waals surface area (Å²) in [5, 5.41) is 11.0. The quantitative estimate of drug-likeness (QED) is 0.431. The van der Waals surface area contributed by atoms with Crippen LogP contribution in [0.3, 0.4) is 0 Å². The lowest BCUT2D eigenvalue weighted by atomic mass is 9.40. The Labute approximate surface area is 178 Å². The summed E-state index contributed by atoms with van der Waals surface area (Å²) >= 11 is 0. The molecular weight excluding hydrogens is 376 g/mol. The van der Waals surface area contributed by atoms with E-state index in [4.69, 9.17) is 4.74 Å². The molecule has 1 aromatic carbocycles. The van der Waals surface area contributed by atoms with Gasteiger partial charge in [0.25, 0.3) is 0 Å². The zero-order chi connectivity index (χ0) is 21.4. The van der Waals surface area contributed by atoms with Crippen molar-refractivity contribution in [3.05, 3.63) is 42.5 Å². The Balaban J connectivity index is 1.49.